The van der Waals surface area contributed by atoms with E-state index < -0.39 is 0 Å². The van der Waals surface area contributed by atoms with Gasteiger partial charge in [0, 0.05) is 30.0 Å². The molecule has 2 aromatic carbocycles. The van der Waals surface area contributed by atoms with Crippen molar-refractivity contribution < 1.29 is 19.0 Å². The summed E-state index contributed by atoms with van der Waals surface area (Å²) >= 11 is 1.53. The van der Waals surface area contributed by atoms with Gasteiger partial charge in [0.15, 0.2) is 17.3 Å². The van der Waals surface area contributed by atoms with Crippen LogP contribution in [-0.2, 0) is 11.2 Å². The van der Waals surface area contributed by atoms with Crippen molar-refractivity contribution >= 4 is 28.3 Å². The fraction of sp³-hybridized carbons (Fsp3) is 0.174. The maximum atomic E-state index is 12.2. The molecule has 1 N–H and O–H groups in total. The molecule has 4 aromatic rings. The van der Waals surface area contributed by atoms with Crippen LogP contribution in [0.1, 0.15) is 11.3 Å². The zero-order valence-corrected chi connectivity index (χ0v) is 18.1. The van der Waals surface area contributed by atoms with Crippen LogP contribution in [0.2, 0.25) is 0 Å². The lowest BCUT2D eigenvalue weighted by Crippen LogP contribution is -2.23. The molecule has 0 spiro atoms. The second-order valence-electron chi connectivity index (χ2n) is 7.07. The molecule has 0 aliphatic carbocycles. The summed E-state index contributed by atoms with van der Waals surface area (Å²) in [6.07, 6.45) is 3.91. The van der Waals surface area contributed by atoms with Crippen LogP contribution in [0, 0.1) is 0 Å². The van der Waals surface area contributed by atoms with Gasteiger partial charge in [-0.15, -0.1) is 16.4 Å². The topological polar surface area (TPSA) is 87.0 Å². The zero-order chi connectivity index (χ0) is 21.9. The summed E-state index contributed by atoms with van der Waals surface area (Å²) in [5.74, 6) is 2.70. The summed E-state index contributed by atoms with van der Waals surface area (Å²) < 4.78 is 17.7. The molecule has 0 unspecified atom stereocenters. The third kappa shape index (κ3) is 4.15. The molecule has 9 heteroatoms. The minimum absolute atomic E-state index is 0.161. The van der Waals surface area contributed by atoms with Crippen LogP contribution < -0.4 is 19.5 Å². The van der Waals surface area contributed by atoms with E-state index in [9.17, 15) is 4.79 Å². The van der Waals surface area contributed by atoms with E-state index >= 15 is 0 Å². The number of carbonyl (C=O) groups excluding carboxylic acids is 1. The van der Waals surface area contributed by atoms with Gasteiger partial charge in [-0.25, -0.2) is 4.52 Å². The quantitative estimate of drug-likeness (QED) is 0.435. The molecule has 1 aliphatic heterocycles. The SMILES string of the molecule is COc1ccc(-c2nc3scc(CCNC(=O)C=Cc4ccc5c(c4)OCO5)n3n2)cc1. The number of hydrogen-bond donors (Lipinski definition) is 1. The lowest BCUT2D eigenvalue weighted by atomic mass is 10.2. The van der Waals surface area contributed by atoms with Crippen molar-refractivity contribution in [1.82, 2.24) is 19.9 Å². The average molecular weight is 449 g/mol. The van der Waals surface area contributed by atoms with Crippen LogP contribution in [0.15, 0.2) is 53.9 Å². The molecule has 2 aromatic heterocycles. The normalized spacial score (nSPS) is 12.5. The number of nitrogens with zero attached hydrogens (tertiary/aromatic N) is 3. The number of amides is 1. The van der Waals surface area contributed by atoms with Gasteiger partial charge >= 0.3 is 0 Å². The Balaban J connectivity index is 1.19. The van der Waals surface area contributed by atoms with Crippen LogP contribution in [0.25, 0.3) is 22.4 Å². The molecule has 1 aliphatic rings. The predicted octanol–water partition coefficient (Wildman–Crippen LogP) is 3.57. The summed E-state index contributed by atoms with van der Waals surface area (Å²) in [4.78, 5) is 17.6. The van der Waals surface area contributed by atoms with Crippen molar-refractivity contribution in [3.8, 4) is 28.6 Å². The van der Waals surface area contributed by atoms with Gasteiger partial charge in [0.25, 0.3) is 0 Å². The second kappa shape index (κ2) is 8.72. The summed E-state index contributed by atoms with van der Waals surface area (Å²) in [5.41, 5.74) is 2.80. The van der Waals surface area contributed by atoms with E-state index in [0.29, 0.717) is 24.5 Å². The monoisotopic (exact) mass is 448 g/mol. The van der Waals surface area contributed by atoms with E-state index in [2.05, 4.69) is 15.4 Å². The summed E-state index contributed by atoms with van der Waals surface area (Å²) in [7, 11) is 1.64. The van der Waals surface area contributed by atoms with Gasteiger partial charge in [0.1, 0.15) is 5.75 Å². The molecular weight excluding hydrogens is 428 g/mol. The summed E-state index contributed by atoms with van der Waals surface area (Å²) in [6.45, 7) is 0.722. The smallest absolute Gasteiger partial charge is 0.244 e. The number of fused-ring (bicyclic) bond motifs is 2. The number of thiazole rings is 1. The molecule has 0 atom stereocenters. The van der Waals surface area contributed by atoms with Crippen molar-refractivity contribution in [2.24, 2.45) is 0 Å². The van der Waals surface area contributed by atoms with Gasteiger partial charge in [-0.2, -0.15) is 4.98 Å². The first-order valence-electron chi connectivity index (χ1n) is 10.0. The Labute approximate surface area is 188 Å². The number of methoxy groups -OCH3 is 1. The summed E-state index contributed by atoms with van der Waals surface area (Å²) in [6, 6.07) is 13.2. The van der Waals surface area contributed by atoms with E-state index in [1.807, 2.05) is 52.4 Å². The van der Waals surface area contributed by atoms with E-state index in [1.165, 1.54) is 17.4 Å². The average Bonchev–Trinajstić information content (AvgIpc) is 3.54. The Hall–Kier alpha value is -3.85. The minimum Gasteiger partial charge on any atom is -0.497 e. The lowest BCUT2D eigenvalue weighted by Gasteiger charge is -2.02. The molecule has 5 rings (SSSR count). The van der Waals surface area contributed by atoms with Crippen molar-refractivity contribution in [1.29, 1.82) is 0 Å². The zero-order valence-electron chi connectivity index (χ0n) is 17.3. The summed E-state index contributed by atoms with van der Waals surface area (Å²) in [5, 5.41) is 9.55. The maximum Gasteiger partial charge on any atom is 0.244 e. The van der Waals surface area contributed by atoms with Gasteiger partial charge < -0.3 is 19.5 Å². The standard InChI is InChI=1S/C23H20N4O4S/c1-29-18-6-4-16(5-7-18)22-25-23-27(26-22)17(13-32-23)10-11-24-21(28)9-3-15-2-8-19-20(12-15)31-14-30-19/h2-9,12-13H,10-11,14H2,1H3,(H,24,28). The number of hydrogen-bond acceptors (Lipinski definition) is 7. The van der Waals surface area contributed by atoms with Crippen LogP contribution in [-0.4, -0.2) is 41.0 Å². The van der Waals surface area contributed by atoms with Gasteiger partial charge in [-0.3, -0.25) is 4.79 Å². The molecule has 0 fully saturated rings. The van der Waals surface area contributed by atoms with Crippen molar-refractivity contribution in [2.75, 3.05) is 20.4 Å². The lowest BCUT2D eigenvalue weighted by molar-refractivity contribution is -0.116. The first-order valence-corrected chi connectivity index (χ1v) is 10.9. The van der Waals surface area contributed by atoms with Crippen LogP contribution in [0.5, 0.6) is 17.2 Å². The Morgan fingerprint density at radius 2 is 2.06 bits per heavy atom. The Morgan fingerprint density at radius 1 is 1.22 bits per heavy atom. The molecule has 162 valence electrons. The number of benzene rings is 2. The molecule has 32 heavy (non-hydrogen) atoms. The second-order valence-corrected chi connectivity index (χ2v) is 7.91. The molecule has 3 heterocycles. The Bertz CT molecular complexity index is 1290. The fourth-order valence-corrected chi connectivity index (χ4v) is 4.18. The highest BCUT2D eigenvalue weighted by Gasteiger charge is 2.13. The number of ether oxygens (including phenoxy) is 3. The number of rotatable bonds is 7. The van der Waals surface area contributed by atoms with Crippen molar-refractivity contribution in [2.45, 2.75) is 6.42 Å². The van der Waals surface area contributed by atoms with E-state index in [1.54, 1.807) is 13.2 Å². The highest BCUT2D eigenvalue weighted by atomic mass is 32.1. The van der Waals surface area contributed by atoms with Crippen LogP contribution >= 0.6 is 11.3 Å². The Kier molecular flexibility index (Phi) is 5.47. The van der Waals surface area contributed by atoms with E-state index in [4.69, 9.17) is 14.2 Å². The Morgan fingerprint density at radius 3 is 2.91 bits per heavy atom. The van der Waals surface area contributed by atoms with Gasteiger partial charge in [-0.1, -0.05) is 6.07 Å². The minimum atomic E-state index is -0.161. The number of nitrogens with one attached hydrogen (secondary N) is 1. The van der Waals surface area contributed by atoms with E-state index in [0.717, 1.165) is 33.3 Å². The first kappa shape index (κ1) is 20.1. The third-order valence-corrected chi connectivity index (χ3v) is 5.87. The highest BCUT2D eigenvalue weighted by Crippen LogP contribution is 2.32. The molecule has 0 bridgehead atoms. The predicted molar refractivity (Wildman–Crippen MR) is 121 cm³/mol. The van der Waals surface area contributed by atoms with Crippen molar-refractivity contribution in [3.05, 3.63) is 65.2 Å². The molecule has 0 saturated carbocycles. The molecule has 0 radical (unpaired) electrons. The third-order valence-electron chi connectivity index (χ3n) is 5.00. The highest BCUT2D eigenvalue weighted by molar-refractivity contribution is 7.15. The van der Waals surface area contributed by atoms with Gasteiger partial charge in [-0.05, 0) is 48.0 Å². The van der Waals surface area contributed by atoms with Gasteiger partial charge in [0.2, 0.25) is 17.7 Å². The molecule has 8 nitrogen and oxygen atoms in total. The van der Waals surface area contributed by atoms with Crippen LogP contribution in [0.4, 0.5) is 0 Å². The molecular formula is C23H20N4O4S. The van der Waals surface area contributed by atoms with Crippen molar-refractivity contribution in [3.63, 3.8) is 0 Å². The number of aromatic nitrogens is 3. The largest absolute Gasteiger partial charge is 0.497 e. The molecule has 1 amide bonds. The maximum absolute atomic E-state index is 12.2. The fourth-order valence-electron chi connectivity index (χ4n) is 3.32. The van der Waals surface area contributed by atoms with Gasteiger partial charge in [0.05, 0.1) is 12.8 Å². The molecule has 0 saturated heterocycles. The van der Waals surface area contributed by atoms with Crippen LogP contribution in [0.3, 0.4) is 0 Å². The first-order chi connectivity index (χ1) is 15.7. The van der Waals surface area contributed by atoms with E-state index in [-0.39, 0.29) is 12.7 Å². The number of carbonyl (C=O) groups is 1.